The minimum atomic E-state index is -0.708. The van der Waals surface area contributed by atoms with Crippen LogP contribution in [0.25, 0.3) is 0 Å². The Morgan fingerprint density at radius 3 is 2.73 bits per heavy atom. The van der Waals surface area contributed by atoms with E-state index in [0.29, 0.717) is 5.03 Å². The number of fused-ring (bicyclic) bond motifs is 1. The van der Waals surface area contributed by atoms with Gasteiger partial charge in [0.15, 0.2) is 6.61 Å². The monoisotopic (exact) mass is 385 g/mol. The molecule has 0 N–H and O–H groups in total. The average Bonchev–Trinajstić information content (AvgIpc) is 2.98. The zero-order chi connectivity index (χ0) is 18.7. The SMILES string of the molecule is CN1/C(=C(/C#N)C(=O)COC(=O)c2ccc(Cl)nc2)Sc2ccccc21. The molecule has 0 spiro atoms. The lowest BCUT2D eigenvalue weighted by Gasteiger charge is -2.14. The summed E-state index contributed by atoms with van der Waals surface area (Å²) in [5, 5.41) is 10.2. The number of pyridine rings is 1. The van der Waals surface area contributed by atoms with Crippen LogP contribution in [0.15, 0.2) is 58.1 Å². The van der Waals surface area contributed by atoms with Crippen molar-refractivity contribution < 1.29 is 14.3 Å². The van der Waals surface area contributed by atoms with Crippen molar-refractivity contribution in [2.24, 2.45) is 0 Å². The van der Waals surface area contributed by atoms with Gasteiger partial charge in [-0.1, -0.05) is 35.5 Å². The summed E-state index contributed by atoms with van der Waals surface area (Å²) >= 11 is 7.00. The van der Waals surface area contributed by atoms with Gasteiger partial charge in [0.1, 0.15) is 21.8 Å². The Balaban J connectivity index is 1.73. The van der Waals surface area contributed by atoms with E-state index < -0.39 is 18.4 Å². The Kier molecular flexibility index (Phi) is 5.26. The highest BCUT2D eigenvalue weighted by atomic mass is 35.5. The molecule has 1 aromatic heterocycles. The fourth-order valence-corrected chi connectivity index (χ4v) is 3.61. The molecule has 0 unspecified atom stereocenters. The van der Waals surface area contributed by atoms with Crippen molar-refractivity contribution in [3.05, 3.63) is 63.9 Å². The van der Waals surface area contributed by atoms with E-state index in [1.807, 2.05) is 30.3 Å². The molecule has 0 atom stereocenters. The van der Waals surface area contributed by atoms with Gasteiger partial charge in [0.25, 0.3) is 0 Å². The Labute approximate surface area is 159 Å². The maximum atomic E-state index is 12.4. The molecule has 2 aromatic rings. The number of rotatable bonds is 4. The van der Waals surface area contributed by atoms with Gasteiger partial charge in [-0.3, -0.25) is 4.79 Å². The number of ether oxygens (including phenoxy) is 1. The predicted octanol–water partition coefficient (Wildman–Crippen LogP) is 3.44. The van der Waals surface area contributed by atoms with Crippen molar-refractivity contribution in [2.75, 3.05) is 18.6 Å². The maximum Gasteiger partial charge on any atom is 0.340 e. The highest BCUT2D eigenvalue weighted by molar-refractivity contribution is 8.03. The summed E-state index contributed by atoms with van der Waals surface area (Å²) in [5.74, 6) is -1.27. The van der Waals surface area contributed by atoms with E-state index in [2.05, 4.69) is 4.98 Å². The zero-order valence-electron chi connectivity index (χ0n) is 13.6. The first-order valence-corrected chi connectivity index (χ1v) is 8.67. The third-order valence-electron chi connectivity index (χ3n) is 3.64. The van der Waals surface area contributed by atoms with Crippen LogP contribution in [0, 0.1) is 11.3 Å². The molecule has 0 bridgehead atoms. The van der Waals surface area contributed by atoms with E-state index in [1.54, 1.807) is 11.9 Å². The first-order valence-electron chi connectivity index (χ1n) is 7.48. The smallest absolute Gasteiger partial charge is 0.340 e. The molecule has 1 aromatic carbocycles. The molecule has 2 heterocycles. The largest absolute Gasteiger partial charge is 0.454 e. The molecule has 0 radical (unpaired) electrons. The number of para-hydroxylation sites is 1. The minimum Gasteiger partial charge on any atom is -0.454 e. The number of esters is 1. The highest BCUT2D eigenvalue weighted by Crippen LogP contribution is 2.46. The summed E-state index contributed by atoms with van der Waals surface area (Å²) in [5.41, 5.74) is 1.04. The standard InChI is InChI=1S/C18H12ClN3O3S/c1-22-13-4-2-3-5-15(13)26-17(22)12(8-20)14(23)10-25-18(24)11-6-7-16(19)21-9-11/h2-7,9H,10H2,1H3/b17-12+. The summed E-state index contributed by atoms with van der Waals surface area (Å²) in [4.78, 5) is 30.9. The third-order valence-corrected chi connectivity index (χ3v) is 5.10. The fraction of sp³-hybridized carbons (Fsp3) is 0.111. The number of benzene rings is 1. The van der Waals surface area contributed by atoms with E-state index in [1.165, 1.54) is 30.1 Å². The summed E-state index contributed by atoms with van der Waals surface area (Å²) in [6.07, 6.45) is 1.26. The maximum absolute atomic E-state index is 12.4. The molecular weight excluding hydrogens is 374 g/mol. The van der Waals surface area contributed by atoms with Crippen LogP contribution >= 0.6 is 23.4 Å². The lowest BCUT2D eigenvalue weighted by molar-refractivity contribution is -0.118. The Morgan fingerprint density at radius 2 is 2.08 bits per heavy atom. The van der Waals surface area contributed by atoms with Crippen molar-refractivity contribution in [2.45, 2.75) is 4.90 Å². The van der Waals surface area contributed by atoms with Gasteiger partial charge in [-0.25, -0.2) is 9.78 Å². The summed E-state index contributed by atoms with van der Waals surface area (Å²) < 4.78 is 5.00. The fourth-order valence-electron chi connectivity index (χ4n) is 2.33. The van der Waals surface area contributed by atoms with E-state index in [4.69, 9.17) is 16.3 Å². The van der Waals surface area contributed by atoms with Crippen LogP contribution in [-0.4, -0.2) is 30.4 Å². The van der Waals surface area contributed by atoms with Crippen molar-refractivity contribution in [1.82, 2.24) is 4.98 Å². The quantitative estimate of drug-likeness (QED) is 0.345. The minimum absolute atomic E-state index is 0.0456. The Hall–Kier alpha value is -2.82. The second kappa shape index (κ2) is 7.60. The summed E-state index contributed by atoms with van der Waals surface area (Å²) in [7, 11) is 1.78. The second-order valence-electron chi connectivity index (χ2n) is 5.29. The van der Waals surface area contributed by atoms with Gasteiger partial charge in [0.05, 0.1) is 11.3 Å². The first kappa shape index (κ1) is 18.0. The number of thioether (sulfide) groups is 1. The van der Waals surface area contributed by atoms with Crippen LogP contribution in [0.3, 0.4) is 0 Å². The lowest BCUT2D eigenvalue weighted by Crippen LogP contribution is -2.20. The number of nitrogens with zero attached hydrogens (tertiary/aromatic N) is 3. The van der Waals surface area contributed by atoms with Crippen molar-refractivity contribution >= 4 is 40.8 Å². The number of halogens is 1. The molecule has 0 amide bonds. The first-order chi connectivity index (χ1) is 12.5. The number of aromatic nitrogens is 1. The topological polar surface area (TPSA) is 83.3 Å². The van der Waals surface area contributed by atoms with Crippen LogP contribution < -0.4 is 4.90 Å². The number of Topliss-reactive ketones (excluding diaryl/α,β-unsaturated/α-hetero) is 1. The lowest BCUT2D eigenvalue weighted by atomic mass is 10.2. The highest BCUT2D eigenvalue weighted by Gasteiger charge is 2.28. The number of nitriles is 1. The zero-order valence-corrected chi connectivity index (χ0v) is 15.2. The summed E-state index contributed by atoms with van der Waals surface area (Å²) in [6.45, 7) is -0.529. The third kappa shape index (κ3) is 3.57. The summed E-state index contributed by atoms with van der Waals surface area (Å²) in [6, 6.07) is 12.4. The molecule has 8 heteroatoms. The number of anilines is 1. The van der Waals surface area contributed by atoms with Gasteiger partial charge < -0.3 is 9.64 Å². The number of hydrogen-bond acceptors (Lipinski definition) is 7. The van der Waals surface area contributed by atoms with Crippen molar-refractivity contribution in [1.29, 1.82) is 5.26 Å². The molecule has 6 nitrogen and oxygen atoms in total. The number of carbonyl (C=O) groups excluding carboxylic acids is 2. The van der Waals surface area contributed by atoms with Crippen LogP contribution in [-0.2, 0) is 9.53 Å². The van der Waals surface area contributed by atoms with Gasteiger partial charge in [0.2, 0.25) is 5.78 Å². The Morgan fingerprint density at radius 1 is 1.31 bits per heavy atom. The predicted molar refractivity (Wildman–Crippen MR) is 97.9 cm³/mol. The van der Waals surface area contributed by atoms with Gasteiger partial charge >= 0.3 is 5.97 Å². The van der Waals surface area contributed by atoms with Gasteiger partial charge in [-0.2, -0.15) is 5.26 Å². The number of ketones is 1. The van der Waals surface area contributed by atoms with Crippen LogP contribution in [0.1, 0.15) is 10.4 Å². The van der Waals surface area contributed by atoms with Crippen molar-refractivity contribution in [3.63, 3.8) is 0 Å². The number of carbonyl (C=O) groups is 2. The van der Waals surface area contributed by atoms with E-state index in [-0.39, 0.29) is 16.3 Å². The van der Waals surface area contributed by atoms with Crippen LogP contribution in [0.5, 0.6) is 0 Å². The van der Waals surface area contributed by atoms with Gasteiger partial charge in [-0.15, -0.1) is 0 Å². The molecule has 0 fully saturated rings. The molecule has 1 aliphatic heterocycles. The van der Waals surface area contributed by atoms with E-state index in [9.17, 15) is 14.9 Å². The molecular formula is C18H12ClN3O3S. The van der Waals surface area contributed by atoms with Gasteiger partial charge in [-0.05, 0) is 24.3 Å². The molecule has 0 saturated carbocycles. The van der Waals surface area contributed by atoms with Crippen LogP contribution in [0.2, 0.25) is 5.15 Å². The molecule has 3 rings (SSSR count). The molecule has 0 saturated heterocycles. The van der Waals surface area contributed by atoms with Crippen molar-refractivity contribution in [3.8, 4) is 6.07 Å². The van der Waals surface area contributed by atoms with Gasteiger partial charge in [0, 0.05) is 18.1 Å². The Bertz CT molecular complexity index is 951. The molecule has 1 aliphatic rings. The number of hydrogen-bond donors (Lipinski definition) is 0. The molecule has 26 heavy (non-hydrogen) atoms. The molecule has 130 valence electrons. The second-order valence-corrected chi connectivity index (χ2v) is 6.71. The normalized spacial score (nSPS) is 14.4. The van der Waals surface area contributed by atoms with E-state index in [0.717, 1.165) is 10.6 Å². The van der Waals surface area contributed by atoms with Crippen LogP contribution in [0.4, 0.5) is 5.69 Å². The average molecular weight is 386 g/mol. The van der Waals surface area contributed by atoms with E-state index >= 15 is 0 Å². The molecule has 0 aliphatic carbocycles.